The third-order valence-corrected chi connectivity index (χ3v) is 4.94. The van der Waals surface area contributed by atoms with Gasteiger partial charge in [-0.25, -0.2) is 0 Å². The number of thiophene rings is 1. The largest absolute Gasteiger partial charge is 0.395 e. The number of carbonyl (C=O) groups is 1. The van der Waals surface area contributed by atoms with Gasteiger partial charge < -0.3 is 10.6 Å². The summed E-state index contributed by atoms with van der Waals surface area (Å²) in [7, 11) is 0. The zero-order chi connectivity index (χ0) is 14.3. The molecule has 0 radical (unpaired) electrons. The van der Waals surface area contributed by atoms with Gasteiger partial charge in [-0.2, -0.15) is 5.10 Å². The van der Waals surface area contributed by atoms with Crippen LogP contribution in [0.2, 0.25) is 0 Å². The molecule has 1 aliphatic rings. The lowest BCUT2D eigenvalue weighted by Crippen LogP contribution is -2.39. The smallest absolute Gasteiger partial charge is 0.277 e. The van der Waals surface area contributed by atoms with Crippen LogP contribution in [-0.2, 0) is 6.42 Å². The number of aromatic nitrogens is 2. The van der Waals surface area contributed by atoms with Gasteiger partial charge >= 0.3 is 0 Å². The molecule has 3 N–H and O–H groups in total. The Morgan fingerprint density at radius 1 is 1.65 bits per heavy atom. The zero-order valence-corrected chi connectivity index (χ0v) is 12.5. The quantitative estimate of drug-likeness (QED) is 0.892. The van der Waals surface area contributed by atoms with Crippen LogP contribution in [0.25, 0.3) is 0 Å². The van der Waals surface area contributed by atoms with Crippen LogP contribution in [0.15, 0.2) is 11.4 Å². The van der Waals surface area contributed by atoms with E-state index in [1.165, 1.54) is 10.4 Å². The number of amides is 1. The Morgan fingerprint density at radius 2 is 2.45 bits per heavy atom. The Bertz CT molecular complexity index is 645. The lowest BCUT2D eigenvalue weighted by Gasteiger charge is -2.35. The molecule has 5 nitrogen and oxygen atoms in total. The number of rotatable bonds is 2. The average molecular weight is 290 g/mol. The first kappa shape index (κ1) is 13.2. The normalized spacial score (nSPS) is 18.1. The summed E-state index contributed by atoms with van der Waals surface area (Å²) in [6.45, 7) is 4.66. The molecule has 2 aromatic heterocycles. The highest BCUT2D eigenvalue weighted by Crippen LogP contribution is 2.36. The van der Waals surface area contributed by atoms with E-state index < -0.39 is 0 Å². The first-order chi connectivity index (χ1) is 9.63. The molecule has 106 valence electrons. The third-order valence-electron chi connectivity index (χ3n) is 3.94. The monoisotopic (exact) mass is 290 g/mol. The van der Waals surface area contributed by atoms with Gasteiger partial charge in [0.2, 0.25) is 0 Å². The zero-order valence-electron chi connectivity index (χ0n) is 11.6. The van der Waals surface area contributed by atoms with Crippen molar-refractivity contribution in [1.82, 2.24) is 15.1 Å². The summed E-state index contributed by atoms with van der Waals surface area (Å²) in [5.74, 6) is -0.0736. The number of fused-ring (bicyclic) bond motifs is 1. The van der Waals surface area contributed by atoms with E-state index in [2.05, 4.69) is 28.6 Å². The number of H-pyrrole nitrogens is 1. The lowest BCUT2D eigenvalue weighted by molar-refractivity contribution is 0.0652. The maximum absolute atomic E-state index is 12.7. The first-order valence-corrected chi connectivity index (χ1v) is 7.69. The Labute approximate surface area is 121 Å². The van der Waals surface area contributed by atoms with Crippen molar-refractivity contribution >= 4 is 22.9 Å². The summed E-state index contributed by atoms with van der Waals surface area (Å²) in [5, 5.41) is 8.95. The van der Waals surface area contributed by atoms with Gasteiger partial charge in [0.25, 0.3) is 5.91 Å². The maximum atomic E-state index is 12.7. The van der Waals surface area contributed by atoms with Crippen LogP contribution in [0.5, 0.6) is 0 Å². The van der Waals surface area contributed by atoms with Gasteiger partial charge in [0.05, 0.1) is 17.4 Å². The molecule has 0 saturated carbocycles. The minimum atomic E-state index is -0.0736. The maximum Gasteiger partial charge on any atom is 0.277 e. The van der Waals surface area contributed by atoms with Crippen LogP contribution in [-0.4, -0.2) is 27.5 Å². The molecule has 3 rings (SSSR count). The van der Waals surface area contributed by atoms with Crippen LogP contribution >= 0.6 is 11.3 Å². The number of aromatic amines is 1. The molecule has 6 heteroatoms. The SMILES string of the molecule is CCC1c2ccsc2CCN1C(=O)c1n[nH]c(C)c1N. The predicted molar refractivity (Wildman–Crippen MR) is 79.8 cm³/mol. The van der Waals surface area contributed by atoms with E-state index in [0.717, 1.165) is 25.1 Å². The molecule has 1 amide bonds. The Balaban J connectivity index is 1.94. The Morgan fingerprint density at radius 3 is 3.10 bits per heavy atom. The van der Waals surface area contributed by atoms with Crippen molar-refractivity contribution in [3.63, 3.8) is 0 Å². The van der Waals surface area contributed by atoms with Crippen molar-refractivity contribution < 1.29 is 4.79 Å². The highest BCUT2D eigenvalue weighted by atomic mass is 32.1. The van der Waals surface area contributed by atoms with Gasteiger partial charge in [-0.05, 0) is 36.8 Å². The van der Waals surface area contributed by atoms with E-state index in [9.17, 15) is 4.79 Å². The Kier molecular flexibility index (Phi) is 3.25. The van der Waals surface area contributed by atoms with E-state index in [0.29, 0.717) is 11.4 Å². The molecule has 0 bridgehead atoms. The molecular formula is C14H18N4OS. The lowest BCUT2D eigenvalue weighted by atomic mass is 9.97. The molecule has 1 atom stereocenters. The predicted octanol–water partition coefficient (Wildman–Crippen LogP) is 2.51. The minimum Gasteiger partial charge on any atom is -0.395 e. The van der Waals surface area contributed by atoms with E-state index in [4.69, 9.17) is 5.73 Å². The topological polar surface area (TPSA) is 75.0 Å². The number of anilines is 1. The summed E-state index contributed by atoms with van der Waals surface area (Å²) in [6.07, 6.45) is 1.82. The fraction of sp³-hybridized carbons (Fsp3) is 0.429. The molecule has 20 heavy (non-hydrogen) atoms. The second-order valence-corrected chi connectivity index (χ2v) is 6.08. The highest BCUT2D eigenvalue weighted by Gasteiger charge is 2.32. The fourth-order valence-electron chi connectivity index (χ4n) is 2.82. The number of nitrogens with two attached hydrogens (primary N) is 1. The van der Waals surface area contributed by atoms with Crippen molar-refractivity contribution in [2.24, 2.45) is 0 Å². The van der Waals surface area contributed by atoms with Crippen LogP contribution in [0.3, 0.4) is 0 Å². The van der Waals surface area contributed by atoms with E-state index >= 15 is 0 Å². The molecular weight excluding hydrogens is 272 g/mol. The van der Waals surface area contributed by atoms with Crippen molar-refractivity contribution in [3.05, 3.63) is 33.3 Å². The molecule has 1 aliphatic heterocycles. The van der Waals surface area contributed by atoms with Gasteiger partial charge in [0.15, 0.2) is 5.69 Å². The summed E-state index contributed by atoms with van der Waals surface area (Å²) in [6, 6.07) is 2.26. The summed E-state index contributed by atoms with van der Waals surface area (Å²) in [4.78, 5) is 16.0. The Hall–Kier alpha value is -1.82. The molecule has 0 aromatic carbocycles. The standard InChI is InChI=1S/C14H18N4OS/c1-3-10-9-5-7-20-11(9)4-6-18(10)14(19)13-12(15)8(2)16-17-13/h5,7,10H,3-4,6,15H2,1-2H3,(H,16,17). The summed E-state index contributed by atoms with van der Waals surface area (Å²) < 4.78 is 0. The molecule has 0 fully saturated rings. The number of carbonyl (C=O) groups excluding carboxylic acids is 1. The molecule has 0 saturated heterocycles. The number of nitrogen functional groups attached to an aromatic ring is 1. The van der Waals surface area contributed by atoms with E-state index in [1.807, 2.05) is 11.8 Å². The van der Waals surface area contributed by atoms with E-state index in [-0.39, 0.29) is 11.9 Å². The number of nitrogens with one attached hydrogen (secondary N) is 1. The molecule has 0 spiro atoms. The fourth-order valence-corrected chi connectivity index (χ4v) is 3.74. The number of nitrogens with zero attached hydrogens (tertiary/aromatic N) is 2. The molecule has 1 unspecified atom stereocenters. The van der Waals surface area contributed by atoms with Gasteiger partial charge in [0, 0.05) is 11.4 Å². The second-order valence-electron chi connectivity index (χ2n) is 5.08. The number of hydrogen-bond acceptors (Lipinski definition) is 4. The van der Waals surface area contributed by atoms with Crippen LogP contribution < -0.4 is 5.73 Å². The van der Waals surface area contributed by atoms with Crippen molar-refractivity contribution in [1.29, 1.82) is 0 Å². The molecule has 2 aromatic rings. The second kappa shape index (κ2) is 4.94. The van der Waals surface area contributed by atoms with Gasteiger partial charge in [-0.1, -0.05) is 6.92 Å². The van der Waals surface area contributed by atoms with E-state index in [1.54, 1.807) is 11.3 Å². The third kappa shape index (κ3) is 1.91. The number of aryl methyl sites for hydroxylation is 1. The van der Waals surface area contributed by atoms with Crippen LogP contribution in [0, 0.1) is 6.92 Å². The van der Waals surface area contributed by atoms with Gasteiger partial charge in [-0.15, -0.1) is 11.3 Å². The van der Waals surface area contributed by atoms with Crippen molar-refractivity contribution in [3.8, 4) is 0 Å². The van der Waals surface area contributed by atoms with Crippen LogP contribution in [0.1, 0.15) is 46.0 Å². The van der Waals surface area contributed by atoms with Gasteiger partial charge in [-0.3, -0.25) is 9.89 Å². The first-order valence-electron chi connectivity index (χ1n) is 6.81. The molecule has 3 heterocycles. The molecule has 0 aliphatic carbocycles. The van der Waals surface area contributed by atoms with Crippen molar-refractivity contribution in [2.75, 3.05) is 12.3 Å². The van der Waals surface area contributed by atoms with Crippen molar-refractivity contribution in [2.45, 2.75) is 32.7 Å². The number of hydrogen-bond donors (Lipinski definition) is 2. The average Bonchev–Trinajstić information content (AvgIpc) is 3.05. The minimum absolute atomic E-state index is 0.0736. The summed E-state index contributed by atoms with van der Waals surface area (Å²) in [5.41, 5.74) is 8.76. The summed E-state index contributed by atoms with van der Waals surface area (Å²) >= 11 is 1.78. The van der Waals surface area contributed by atoms with Crippen LogP contribution in [0.4, 0.5) is 5.69 Å². The van der Waals surface area contributed by atoms with Gasteiger partial charge in [0.1, 0.15) is 0 Å². The highest BCUT2D eigenvalue weighted by molar-refractivity contribution is 7.10.